The van der Waals surface area contributed by atoms with Gasteiger partial charge in [-0.3, -0.25) is 0 Å². The van der Waals surface area contributed by atoms with Crippen LogP contribution in [0.25, 0.3) is 0 Å². The average molecular weight is 298 g/mol. The minimum atomic E-state index is -0.861. The molecule has 0 aromatic carbocycles. The van der Waals surface area contributed by atoms with Crippen LogP contribution in [0.4, 0.5) is 0 Å². The van der Waals surface area contributed by atoms with Gasteiger partial charge < -0.3 is 24.8 Å². The van der Waals surface area contributed by atoms with E-state index >= 15 is 0 Å². The molecule has 0 spiro atoms. The van der Waals surface area contributed by atoms with E-state index in [4.69, 9.17) is 0 Å². The molecular formula is C4H11CeCl2Si-2. The van der Waals surface area contributed by atoms with Crippen LogP contribution in [0.15, 0.2) is 0 Å². The van der Waals surface area contributed by atoms with Gasteiger partial charge in [0.25, 0.3) is 0 Å². The Morgan fingerprint density at radius 3 is 1.00 bits per heavy atom. The zero-order chi connectivity index (χ0) is 4.50. The van der Waals surface area contributed by atoms with E-state index in [-0.39, 0.29) is 66.6 Å². The molecule has 0 unspecified atom stereocenters. The number of hydrogen-bond donors (Lipinski definition) is 0. The third-order valence-corrected chi connectivity index (χ3v) is 0. The van der Waals surface area contributed by atoms with E-state index in [0.717, 1.165) is 0 Å². The van der Waals surface area contributed by atoms with Crippen molar-refractivity contribution in [3.8, 4) is 0 Å². The minimum Gasteiger partial charge on any atom is -1.00 e. The Bertz CT molecular complexity index is 29.5. The van der Waals surface area contributed by atoms with Gasteiger partial charge in [-0.2, -0.15) is 0 Å². The van der Waals surface area contributed by atoms with Crippen molar-refractivity contribution in [2.24, 2.45) is 0 Å². The van der Waals surface area contributed by atoms with Gasteiger partial charge in [-0.25, -0.2) is 0 Å². The standard InChI is InChI=1S/C4H11Si.Ce.2ClH/c1-5(2,3)4;;;/h1H2,2-4H3;;2*1H/p-2. The Morgan fingerprint density at radius 2 is 1.00 bits per heavy atom. The molecule has 0 saturated carbocycles. The first kappa shape index (κ1) is 22.5. The summed E-state index contributed by atoms with van der Waals surface area (Å²) in [5, 5.41) is 0. The van der Waals surface area contributed by atoms with Crippen molar-refractivity contribution in [1.82, 2.24) is 0 Å². The molecule has 51 valence electrons. The van der Waals surface area contributed by atoms with Gasteiger partial charge in [0, 0.05) is 49.8 Å². The van der Waals surface area contributed by atoms with Gasteiger partial charge in [0.2, 0.25) is 0 Å². The fraction of sp³-hybridized carbons (Fsp3) is 0.750. The van der Waals surface area contributed by atoms with Crippen molar-refractivity contribution in [2.45, 2.75) is 19.6 Å². The molecule has 0 nitrogen and oxygen atoms in total. The molecular weight excluding hydrogens is 287 g/mol. The van der Waals surface area contributed by atoms with Gasteiger partial charge >= 0.3 is 0 Å². The molecule has 0 rings (SSSR count). The Labute approximate surface area is 99.4 Å². The van der Waals surface area contributed by atoms with Crippen LogP contribution in [0.3, 0.4) is 0 Å². The maximum absolute atomic E-state index is 3.91. The first-order valence-corrected chi connectivity index (χ1v) is 5.56. The normalized spacial score (nSPS) is 7.50. The van der Waals surface area contributed by atoms with E-state index in [9.17, 15) is 0 Å². The third kappa shape index (κ3) is 89.0. The predicted octanol–water partition coefficient (Wildman–Crippen LogP) is -4.29. The minimum absolute atomic E-state index is 0. The number of rotatable bonds is 0. The fourth-order valence-electron chi connectivity index (χ4n) is 0. The first-order chi connectivity index (χ1) is 2.00. The fourth-order valence-corrected chi connectivity index (χ4v) is 0. The van der Waals surface area contributed by atoms with E-state index in [1.807, 2.05) is 0 Å². The molecule has 0 fully saturated rings. The Kier molecular flexibility index (Phi) is 25.8. The van der Waals surface area contributed by atoms with Crippen LogP contribution < -0.4 is 24.8 Å². The zero-order valence-electron chi connectivity index (χ0n) is 5.46. The van der Waals surface area contributed by atoms with E-state index in [2.05, 4.69) is 26.2 Å². The monoisotopic (exact) mass is 297 g/mol. The van der Waals surface area contributed by atoms with Gasteiger partial charge in [-0.15, -0.1) is 0 Å². The zero-order valence-corrected chi connectivity index (χ0v) is 11.1. The smallest absolute Gasteiger partial charge is 0.0439 e. The molecule has 0 bridgehead atoms. The van der Waals surface area contributed by atoms with Crippen LogP contribution in [0.2, 0.25) is 19.6 Å². The molecule has 0 amide bonds. The van der Waals surface area contributed by atoms with Crippen molar-refractivity contribution in [1.29, 1.82) is 0 Å². The Hall–Kier alpha value is 2.17. The Morgan fingerprint density at radius 1 is 1.00 bits per heavy atom. The molecule has 0 aliphatic heterocycles. The molecule has 8 heavy (non-hydrogen) atoms. The van der Waals surface area contributed by atoms with Crippen LogP contribution in [-0.4, -0.2) is 8.07 Å². The summed E-state index contributed by atoms with van der Waals surface area (Å²) in [5.41, 5.74) is 0. The number of halogens is 2. The van der Waals surface area contributed by atoms with E-state index in [1.54, 1.807) is 0 Å². The Balaban J connectivity index is -0.0000000267. The summed E-state index contributed by atoms with van der Waals surface area (Å²) in [6, 6.07) is 0. The second-order valence-electron chi connectivity index (χ2n) is 2.56. The number of hydrogen-bond acceptors (Lipinski definition) is 0. The summed E-state index contributed by atoms with van der Waals surface area (Å²) in [5.74, 6) is 0. The van der Waals surface area contributed by atoms with Crippen molar-refractivity contribution < 1.29 is 66.6 Å². The summed E-state index contributed by atoms with van der Waals surface area (Å²) >= 11 is 0. The quantitative estimate of drug-likeness (QED) is 0.397. The summed E-state index contributed by atoms with van der Waals surface area (Å²) in [4.78, 5) is 0. The van der Waals surface area contributed by atoms with Gasteiger partial charge in [0.05, 0.1) is 0 Å². The molecule has 0 aliphatic carbocycles. The second-order valence-corrected chi connectivity index (χ2v) is 7.68. The predicted molar refractivity (Wildman–Crippen MR) is 28.7 cm³/mol. The molecule has 0 N–H and O–H groups in total. The summed E-state index contributed by atoms with van der Waals surface area (Å²) in [7, 11) is -0.861. The molecule has 0 aliphatic rings. The van der Waals surface area contributed by atoms with Crippen molar-refractivity contribution >= 4 is 8.07 Å². The van der Waals surface area contributed by atoms with Crippen LogP contribution in [-0.2, 0) is 0 Å². The van der Waals surface area contributed by atoms with Crippen molar-refractivity contribution in [2.75, 3.05) is 0 Å². The van der Waals surface area contributed by atoms with Gasteiger partial charge in [-0.1, -0.05) is 26.2 Å². The van der Waals surface area contributed by atoms with Gasteiger partial charge in [0.1, 0.15) is 0 Å². The van der Waals surface area contributed by atoms with Crippen molar-refractivity contribution in [3.05, 3.63) is 6.55 Å². The maximum atomic E-state index is 3.91. The summed E-state index contributed by atoms with van der Waals surface area (Å²) in [6.45, 7) is 10.6. The second kappa shape index (κ2) is 9.17. The largest absolute Gasteiger partial charge is 1.00 e. The molecule has 4 heteroatoms. The first-order valence-electron chi connectivity index (χ1n) is 1.85. The topological polar surface area (TPSA) is 0 Å². The summed E-state index contributed by atoms with van der Waals surface area (Å²) in [6.07, 6.45) is 0. The molecule has 0 aromatic rings. The molecule has 0 atom stereocenters. The van der Waals surface area contributed by atoms with Crippen LogP contribution in [0.1, 0.15) is 0 Å². The molecule has 0 saturated heterocycles. The van der Waals surface area contributed by atoms with Crippen LogP contribution >= 0.6 is 0 Å². The molecule has 0 aromatic heterocycles. The van der Waals surface area contributed by atoms with Gasteiger partial charge in [0.15, 0.2) is 0 Å². The maximum Gasteiger partial charge on any atom is 0.0439 e. The SMILES string of the molecule is [CH2][Si](C)(C)C.[Ce].[Cl-].[Cl-]. The average Bonchev–Trinajstić information content (AvgIpc) is 0.722. The van der Waals surface area contributed by atoms with Crippen LogP contribution in [0, 0.1) is 48.3 Å². The van der Waals surface area contributed by atoms with Gasteiger partial charge in [-0.05, 0) is 0 Å². The van der Waals surface area contributed by atoms with Crippen molar-refractivity contribution in [3.63, 3.8) is 0 Å². The third-order valence-electron chi connectivity index (χ3n) is 0. The van der Waals surface area contributed by atoms with E-state index < -0.39 is 8.07 Å². The summed E-state index contributed by atoms with van der Waals surface area (Å²) < 4.78 is 0. The van der Waals surface area contributed by atoms with Crippen LogP contribution in [0.5, 0.6) is 0 Å². The van der Waals surface area contributed by atoms with E-state index in [1.165, 1.54) is 0 Å². The molecule has 1 radical (unpaired) electrons. The molecule has 0 heterocycles. The van der Waals surface area contributed by atoms with E-state index in [0.29, 0.717) is 0 Å².